The number of nitrogens with one attached hydrogen (secondary N) is 1. The fourth-order valence-electron chi connectivity index (χ4n) is 5.08. The molecule has 6 nitrogen and oxygen atoms in total. The van der Waals surface area contributed by atoms with Gasteiger partial charge in [-0.3, -0.25) is 4.79 Å². The monoisotopic (exact) mass is 489 g/mol. The quantitative estimate of drug-likeness (QED) is 0.499. The highest BCUT2D eigenvalue weighted by Gasteiger charge is 2.43. The van der Waals surface area contributed by atoms with Crippen LogP contribution in [-0.2, 0) is 20.9 Å². The van der Waals surface area contributed by atoms with Gasteiger partial charge in [-0.15, -0.1) is 0 Å². The van der Waals surface area contributed by atoms with Gasteiger partial charge in [0.25, 0.3) is 0 Å². The van der Waals surface area contributed by atoms with E-state index < -0.39 is 11.9 Å². The fraction of sp³-hybridized carbons (Fsp3) is 0.400. The zero-order valence-corrected chi connectivity index (χ0v) is 22.0. The number of hydrogen-bond acceptors (Lipinski definition) is 6. The first kappa shape index (κ1) is 25.5. The molecule has 0 spiro atoms. The maximum Gasteiger partial charge on any atom is 0.336 e. The van der Waals surface area contributed by atoms with E-state index >= 15 is 0 Å². The van der Waals surface area contributed by atoms with Crippen LogP contribution in [0.1, 0.15) is 63.1 Å². The van der Waals surface area contributed by atoms with E-state index in [1.54, 1.807) is 14.0 Å². The average molecular weight is 490 g/mol. The molecule has 1 heterocycles. The second kappa shape index (κ2) is 10.2. The van der Waals surface area contributed by atoms with E-state index in [9.17, 15) is 9.59 Å². The predicted molar refractivity (Wildman–Crippen MR) is 139 cm³/mol. The van der Waals surface area contributed by atoms with Crippen molar-refractivity contribution >= 4 is 11.8 Å². The molecule has 2 aromatic rings. The summed E-state index contributed by atoms with van der Waals surface area (Å²) in [6, 6.07) is 13.8. The minimum atomic E-state index is -0.538. The van der Waals surface area contributed by atoms with Gasteiger partial charge >= 0.3 is 5.97 Å². The van der Waals surface area contributed by atoms with Crippen molar-refractivity contribution in [3.63, 3.8) is 0 Å². The highest BCUT2D eigenvalue weighted by molar-refractivity contribution is 6.04. The molecule has 1 N–H and O–H groups in total. The zero-order chi connectivity index (χ0) is 26.0. The van der Waals surface area contributed by atoms with E-state index in [0.29, 0.717) is 41.4 Å². The highest BCUT2D eigenvalue weighted by Crippen LogP contribution is 2.48. The summed E-state index contributed by atoms with van der Waals surface area (Å²) in [6.45, 7) is 10.5. The lowest BCUT2D eigenvalue weighted by Gasteiger charge is -2.39. The number of carbonyl (C=O) groups is 2. The summed E-state index contributed by atoms with van der Waals surface area (Å²) in [7, 11) is 1.59. The van der Waals surface area contributed by atoms with Gasteiger partial charge in [0.2, 0.25) is 0 Å². The number of allylic oxidation sites excluding steroid dienone is 3. The van der Waals surface area contributed by atoms with Crippen LogP contribution in [0, 0.1) is 12.3 Å². The smallest absolute Gasteiger partial charge is 0.336 e. The fourth-order valence-corrected chi connectivity index (χ4v) is 5.08. The Balaban J connectivity index is 1.73. The van der Waals surface area contributed by atoms with Crippen LogP contribution in [0.5, 0.6) is 11.5 Å². The molecule has 6 heteroatoms. The van der Waals surface area contributed by atoms with Crippen LogP contribution in [0.2, 0.25) is 0 Å². The van der Waals surface area contributed by atoms with Crippen molar-refractivity contribution in [2.45, 2.75) is 60.0 Å². The number of ketones is 1. The molecule has 0 bridgehead atoms. The van der Waals surface area contributed by atoms with Gasteiger partial charge in [-0.25, -0.2) is 4.79 Å². The maximum atomic E-state index is 13.4. The molecule has 0 saturated heterocycles. The summed E-state index contributed by atoms with van der Waals surface area (Å²) in [5.41, 5.74) is 5.57. The van der Waals surface area contributed by atoms with E-state index in [2.05, 4.69) is 31.3 Å². The summed E-state index contributed by atoms with van der Waals surface area (Å²) in [4.78, 5) is 26.5. The molecule has 190 valence electrons. The second-order valence-electron chi connectivity index (χ2n) is 10.3. The number of Topliss-reactive ketones (excluding diaryl/α,β-unsaturated/α-hetero) is 1. The summed E-state index contributed by atoms with van der Waals surface area (Å²) in [5, 5.41) is 3.36. The summed E-state index contributed by atoms with van der Waals surface area (Å²) >= 11 is 0. The van der Waals surface area contributed by atoms with E-state index in [0.717, 1.165) is 23.2 Å². The SMILES string of the molecule is CCOC(=O)C1=C(C)NC2=C(C(=O)CC(C)(C)C2)C1c1ccc(OCc2ccc(C)cc2)c(OC)c1. The molecule has 0 saturated carbocycles. The minimum Gasteiger partial charge on any atom is -0.493 e. The Morgan fingerprint density at radius 3 is 2.44 bits per heavy atom. The lowest BCUT2D eigenvalue weighted by Crippen LogP contribution is -2.38. The third-order valence-electron chi connectivity index (χ3n) is 6.77. The Bertz CT molecular complexity index is 1240. The number of ether oxygens (including phenoxy) is 3. The molecule has 2 aliphatic rings. The predicted octanol–water partition coefficient (Wildman–Crippen LogP) is 5.75. The van der Waals surface area contributed by atoms with Crippen molar-refractivity contribution < 1.29 is 23.8 Å². The molecule has 0 aromatic heterocycles. The Hall–Kier alpha value is -3.54. The van der Waals surface area contributed by atoms with Gasteiger partial charge in [0.15, 0.2) is 17.3 Å². The van der Waals surface area contributed by atoms with Crippen molar-refractivity contribution in [3.8, 4) is 11.5 Å². The van der Waals surface area contributed by atoms with Gasteiger partial charge < -0.3 is 19.5 Å². The first-order valence-corrected chi connectivity index (χ1v) is 12.4. The van der Waals surface area contributed by atoms with Gasteiger partial charge in [-0.2, -0.15) is 0 Å². The molecule has 0 fully saturated rings. The van der Waals surface area contributed by atoms with Crippen LogP contribution in [0.15, 0.2) is 65.0 Å². The van der Waals surface area contributed by atoms with Crippen molar-refractivity contribution in [1.82, 2.24) is 5.32 Å². The first-order valence-electron chi connectivity index (χ1n) is 12.4. The van der Waals surface area contributed by atoms with Gasteiger partial charge in [-0.05, 0) is 55.9 Å². The number of rotatable bonds is 7. The van der Waals surface area contributed by atoms with E-state index in [-0.39, 0.29) is 17.8 Å². The van der Waals surface area contributed by atoms with E-state index in [1.807, 2.05) is 44.2 Å². The number of dihydropyridines is 1. The molecule has 1 aliphatic carbocycles. The average Bonchev–Trinajstić information content (AvgIpc) is 2.82. The maximum absolute atomic E-state index is 13.4. The molecule has 0 radical (unpaired) electrons. The van der Waals surface area contributed by atoms with Gasteiger partial charge in [-0.1, -0.05) is 49.7 Å². The van der Waals surface area contributed by atoms with Crippen LogP contribution in [0.3, 0.4) is 0 Å². The Morgan fingerprint density at radius 2 is 1.78 bits per heavy atom. The standard InChI is InChI=1S/C30H35NO5/c1-7-35-29(33)26-19(3)31-22-15-30(4,5)16-23(32)28(22)27(26)21-12-13-24(25(14-21)34-6)36-17-20-10-8-18(2)9-11-20/h8-14,27,31H,7,15-17H2,1-6H3. The third-order valence-corrected chi connectivity index (χ3v) is 6.77. The molecule has 4 rings (SSSR count). The number of methoxy groups -OCH3 is 1. The van der Waals surface area contributed by atoms with E-state index in [1.165, 1.54) is 5.56 Å². The van der Waals surface area contributed by atoms with Gasteiger partial charge in [0.05, 0.1) is 19.3 Å². The third kappa shape index (κ3) is 5.18. The number of benzene rings is 2. The van der Waals surface area contributed by atoms with Crippen LogP contribution in [0.25, 0.3) is 0 Å². The van der Waals surface area contributed by atoms with Gasteiger partial charge in [0, 0.05) is 29.3 Å². The van der Waals surface area contributed by atoms with E-state index in [4.69, 9.17) is 14.2 Å². The lowest BCUT2D eigenvalue weighted by molar-refractivity contribution is -0.138. The number of carbonyl (C=O) groups excluding carboxylic acids is 2. The van der Waals surface area contributed by atoms with Crippen molar-refractivity contribution in [2.75, 3.05) is 13.7 Å². The summed E-state index contributed by atoms with van der Waals surface area (Å²) in [6.07, 6.45) is 1.15. The molecule has 2 aromatic carbocycles. The molecular formula is C30H35NO5. The Kier molecular flexibility index (Phi) is 7.25. The minimum absolute atomic E-state index is 0.0479. The van der Waals surface area contributed by atoms with Crippen molar-refractivity contribution in [1.29, 1.82) is 0 Å². The lowest BCUT2D eigenvalue weighted by atomic mass is 9.68. The molecule has 1 aliphatic heterocycles. The largest absolute Gasteiger partial charge is 0.493 e. The molecular weight excluding hydrogens is 454 g/mol. The van der Waals surface area contributed by atoms with Crippen molar-refractivity contribution in [2.24, 2.45) is 5.41 Å². The zero-order valence-electron chi connectivity index (χ0n) is 22.0. The normalized spacial score (nSPS) is 18.9. The topological polar surface area (TPSA) is 73.9 Å². The number of hydrogen-bond donors (Lipinski definition) is 1. The summed E-state index contributed by atoms with van der Waals surface area (Å²) < 4.78 is 17.2. The first-order chi connectivity index (χ1) is 17.1. The molecule has 1 unspecified atom stereocenters. The van der Waals surface area contributed by atoms with Crippen LogP contribution >= 0.6 is 0 Å². The van der Waals surface area contributed by atoms with Crippen LogP contribution < -0.4 is 14.8 Å². The Labute approximate surface area is 213 Å². The Morgan fingerprint density at radius 1 is 1.06 bits per heavy atom. The molecule has 0 amide bonds. The van der Waals surface area contributed by atoms with Crippen LogP contribution in [0.4, 0.5) is 0 Å². The second-order valence-corrected chi connectivity index (χ2v) is 10.3. The summed E-state index contributed by atoms with van der Waals surface area (Å²) in [5.74, 6) is 0.232. The van der Waals surface area contributed by atoms with Gasteiger partial charge in [0.1, 0.15) is 6.61 Å². The molecule has 36 heavy (non-hydrogen) atoms. The molecule has 1 atom stereocenters. The highest BCUT2D eigenvalue weighted by atomic mass is 16.5. The number of aryl methyl sites for hydroxylation is 1. The van der Waals surface area contributed by atoms with Crippen LogP contribution in [-0.4, -0.2) is 25.5 Å². The number of esters is 1. The van der Waals surface area contributed by atoms with Crippen molar-refractivity contribution in [3.05, 3.63) is 81.7 Å².